The summed E-state index contributed by atoms with van der Waals surface area (Å²) in [6.45, 7) is 6.58. The fourth-order valence-corrected chi connectivity index (χ4v) is 6.38. The molecule has 3 aromatic rings. The van der Waals surface area contributed by atoms with Crippen LogP contribution in [0.1, 0.15) is 77.6 Å². The van der Waals surface area contributed by atoms with Crippen molar-refractivity contribution in [3.8, 4) is 0 Å². The third-order valence-electron chi connectivity index (χ3n) is 8.65. The standard InChI is InChI=1S/C31H37F4N5O2/c1-17(2)29-38-24-5-3-4-21(27(24)39-29)30(42)40-26(19-10-14-37-15-11-19)25(18-8-12-36-13-9-18)28(41)22-16-20(31(33,34)35)6-7-23(22)32/h3-7,16-19,25-26,36-37H,8-15H2,1-2H3,(H,38,39)(H,40,42). The van der Waals surface area contributed by atoms with E-state index in [4.69, 9.17) is 0 Å². The molecule has 2 saturated heterocycles. The number of halogens is 4. The molecule has 2 aliphatic rings. The van der Waals surface area contributed by atoms with Gasteiger partial charge in [-0.1, -0.05) is 19.9 Å². The van der Waals surface area contributed by atoms with Gasteiger partial charge in [-0.2, -0.15) is 13.2 Å². The summed E-state index contributed by atoms with van der Waals surface area (Å²) in [6, 6.07) is 6.54. The zero-order valence-corrected chi connectivity index (χ0v) is 23.8. The Bertz CT molecular complexity index is 1420. The Hall–Kier alpha value is -3.31. The number of carbonyl (C=O) groups excluding carboxylic acids is 2. The topological polar surface area (TPSA) is 98.9 Å². The number of aromatic nitrogens is 2. The number of H-pyrrole nitrogens is 1. The number of alkyl halides is 3. The van der Waals surface area contributed by atoms with Crippen LogP contribution in [-0.2, 0) is 6.18 Å². The zero-order valence-electron chi connectivity index (χ0n) is 23.8. The normalized spacial score (nSPS) is 18.7. The maximum atomic E-state index is 15.1. The summed E-state index contributed by atoms with van der Waals surface area (Å²) in [7, 11) is 0. The molecule has 11 heteroatoms. The molecule has 42 heavy (non-hydrogen) atoms. The number of Topliss-reactive ketones (excluding diaryl/α,β-unsaturated/α-hetero) is 1. The van der Waals surface area contributed by atoms with Gasteiger partial charge in [-0.15, -0.1) is 0 Å². The Balaban J connectivity index is 1.57. The summed E-state index contributed by atoms with van der Waals surface area (Å²) in [6.07, 6.45) is -2.24. The number of nitrogens with one attached hydrogen (secondary N) is 4. The van der Waals surface area contributed by atoms with E-state index in [2.05, 4.69) is 25.9 Å². The van der Waals surface area contributed by atoms with E-state index in [1.165, 1.54) is 0 Å². The highest BCUT2D eigenvalue weighted by molar-refractivity contribution is 6.05. The highest BCUT2D eigenvalue weighted by atomic mass is 19.4. The van der Waals surface area contributed by atoms with Gasteiger partial charge in [0.05, 0.1) is 22.2 Å². The van der Waals surface area contributed by atoms with Crippen LogP contribution in [0.15, 0.2) is 36.4 Å². The summed E-state index contributed by atoms with van der Waals surface area (Å²) < 4.78 is 55.9. The van der Waals surface area contributed by atoms with Crippen LogP contribution < -0.4 is 16.0 Å². The van der Waals surface area contributed by atoms with Crippen molar-refractivity contribution < 1.29 is 27.2 Å². The molecule has 5 rings (SSSR count). The van der Waals surface area contributed by atoms with E-state index < -0.39 is 46.8 Å². The summed E-state index contributed by atoms with van der Waals surface area (Å²) >= 11 is 0. The lowest BCUT2D eigenvalue weighted by atomic mass is 9.70. The molecule has 2 atom stereocenters. The Morgan fingerprint density at radius 2 is 1.57 bits per heavy atom. The number of piperidine rings is 2. The van der Waals surface area contributed by atoms with Gasteiger partial charge in [0.25, 0.3) is 5.91 Å². The Labute approximate surface area is 242 Å². The monoisotopic (exact) mass is 587 g/mol. The fourth-order valence-electron chi connectivity index (χ4n) is 6.38. The Morgan fingerprint density at radius 3 is 2.19 bits per heavy atom. The predicted molar refractivity (Wildman–Crippen MR) is 152 cm³/mol. The second kappa shape index (κ2) is 12.5. The Kier molecular flexibility index (Phi) is 8.98. The van der Waals surface area contributed by atoms with Crippen molar-refractivity contribution in [3.63, 3.8) is 0 Å². The molecular weight excluding hydrogens is 550 g/mol. The second-order valence-electron chi connectivity index (χ2n) is 11.7. The lowest BCUT2D eigenvalue weighted by Gasteiger charge is -2.41. The molecule has 1 aromatic heterocycles. The Morgan fingerprint density at radius 1 is 0.929 bits per heavy atom. The van der Waals surface area contributed by atoms with E-state index in [9.17, 15) is 22.8 Å². The highest BCUT2D eigenvalue weighted by Crippen LogP contribution is 2.37. The molecule has 0 saturated carbocycles. The van der Waals surface area contributed by atoms with Crippen LogP contribution in [0.5, 0.6) is 0 Å². The number of para-hydroxylation sites is 1. The number of nitrogens with zero attached hydrogens (tertiary/aromatic N) is 1. The number of rotatable bonds is 8. The van der Waals surface area contributed by atoms with Crippen molar-refractivity contribution in [3.05, 3.63) is 64.7 Å². The van der Waals surface area contributed by atoms with Crippen LogP contribution in [0.4, 0.5) is 17.6 Å². The van der Waals surface area contributed by atoms with Crippen molar-refractivity contribution in [2.75, 3.05) is 26.2 Å². The van der Waals surface area contributed by atoms with Crippen molar-refractivity contribution in [2.24, 2.45) is 17.8 Å². The average Bonchev–Trinajstić information content (AvgIpc) is 3.42. The molecule has 1 amide bonds. The van der Waals surface area contributed by atoms with Gasteiger partial charge < -0.3 is 20.9 Å². The smallest absolute Gasteiger partial charge is 0.348 e. The largest absolute Gasteiger partial charge is 0.416 e. The minimum atomic E-state index is -4.73. The number of aromatic amines is 1. The van der Waals surface area contributed by atoms with E-state index in [0.717, 1.165) is 5.82 Å². The first-order valence-electron chi connectivity index (χ1n) is 14.7. The maximum Gasteiger partial charge on any atom is 0.416 e. The van der Waals surface area contributed by atoms with Crippen molar-refractivity contribution in [2.45, 2.75) is 57.7 Å². The molecule has 2 aliphatic heterocycles. The molecule has 0 bridgehead atoms. The number of fused-ring (bicyclic) bond motifs is 1. The van der Waals surface area contributed by atoms with Crippen molar-refractivity contribution >= 4 is 22.7 Å². The van der Waals surface area contributed by atoms with Crippen LogP contribution in [0.2, 0.25) is 0 Å². The molecule has 2 aromatic carbocycles. The van der Waals surface area contributed by atoms with Crippen molar-refractivity contribution in [1.29, 1.82) is 0 Å². The van der Waals surface area contributed by atoms with Gasteiger partial charge in [-0.3, -0.25) is 9.59 Å². The van der Waals surface area contributed by atoms with Crippen LogP contribution in [0.3, 0.4) is 0 Å². The first kappa shape index (κ1) is 30.2. The van der Waals surface area contributed by atoms with E-state index in [1.54, 1.807) is 12.1 Å². The van der Waals surface area contributed by atoms with Crippen LogP contribution in [-0.4, -0.2) is 53.9 Å². The zero-order chi connectivity index (χ0) is 30.0. The minimum absolute atomic E-state index is 0.111. The van der Waals surface area contributed by atoms with Crippen LogP contribution in [0, 0.1) is 23.6 Å². The maximum absolute atomic E-state index is 15.1. The van der Waals surface area contributed by atoms with E-state index in [-0.39, 0.29) is 17.8 Å². The van der Waals surface area contributed by atoms with Gasteiger partial charge in [-0.25, -0.2) is 9.37 Å². The SMILES string of the molecule is CC(C)c1nc2c(C(=O)NC(C3CCNCC3)C(C(=O)c3cc(C(F)(F)F)ccc3F)C3CCNCC3)cccc2[nH]1. The summed E-state index contributed by atoms with van der Waals surface area (Å²) in [5, 5.41) is 9.70. The number of hydrogen-bond donors (Lipinski definition) is 4. The number of hydrogen-bond acceptors (Lipinski definition) is 5. The van der Waals surface area contributed by atoms with Gasteiger partial charge in [0.2, 0.25) is 0 Å². The first-order valence-corrected chi connectivity index (χ1v) is 14.7. The van der Waals surface area contributed by atoms with Gasteiger partial charge >= 0.3 is 6.18 Å². The molecule has 2 unspecified atom stereocenters. The third kappa shape index (κ3) is 6.36. The summed E-state index contributed by atoms with van der Waals surface area (Å²) in [4.78, 5) is 36.1. The number of carbonyl (C=O) groups is 2. The molecule has 0 radical (unpaired) electrons. The lowest BCUT2D eigenvalue weighted by Crippen LogP contribution is -2.54. The van der Waals surface area contributed by atoms with E-state index in [1.807, 2.05) is 19.9 Å². The fraction of sp³-hybridized carbons (Fsp3) is 0.516. The van der Waals surface area contributed by atoms with Crippen LogP contribution in [0.25, 0.3) is 11.0 Å². The van der Waals surface area contributed by atoms with Crippen LogP contribution >= 0.6 is 0 Å². The molecule has 3 heterocycles. The van der Waals surface area contributed by atoms with Gasteiger partial charge in [-0.05, 0) is 94.0 Å². The lowest BCUT2D eigenvalue weighted by molar-refractivity contribution is -0.137. The predicted octanol–water partition coefficient (Wildman–Crippen LogP) is 5.44. The first-order chi connectivity index (χ1) is 20.0. The summed E-state index contributed by atoms with van der Waals surface area (Å²) in [5.74, 6) is -2.54. The highest BCUT2D eigenvalue weighted by Gasteiger charge is 2.43. The average molecular weight is 588 g/mol. The second-order valence-corrected chi connectivity index (χ2v) is 11.7. The number of imidazole rings is 1. The number of benzene rings is 2. The van der Waals surface area contributed by atoms with Crippen molar-refractivity contribution in [1.82, 2.24) is 25.9 Å². The molecule has 0 spiro atoms. The molecular formula is C31H37F4N5O2. The molecule has 4 N–H and O–H groups in total. The van der Waals surface area contributed by atoms with Gasteiger partial charge in [0.15, 0.2) is 5.78 Å². The van der Waals surface area contributed by atoms with Gasteiger partial charge in [0.1, 0.15) is 17.2 Å². The van der Waals surface area contributed by atoms with E-state index in [0.29, 0.717) is 86.7 Å². The minimum Gasteiger partial charge on any atom is -0.348 e. The molecule has 7 nitrogen and oxygen atoms in total. The van der Waals surface area contributed by atoms with Gasteiger partial charge in [0, 0.05) is 17.9 Å². The number of ketones is 1. The summed E-state index contributed by atoms with van der Waals surface area (Å²) in [5.41, 5.74) is -0.1000. The molecule has 0 aliphatic carbocycles. The number of amides is 1. The molecule has 226 valence electrons. The molecule has 2 fully saturated rings. The third-order valence-corrected chi connectivity index (χ3v) is 8.65. The van der Waals surface area contributed by atoms with E-state index >= 15 is 4.39 Å². The quantitative estimate of drug-likeness (QED) is 0.208.